The second kappa shape index (κ2) is 7.53. The van der Waals surface area contributed by atoms with Crippen molar-refractivity contribution in [3.05, 3.63) is 35.9 Å². The molecule has 0 aliphatic rings. The van der Waals surface area contributed by atoms with Crippen LogP contribution in [0.4, 0.5) is 13.2 Å². The molecule has 0 radical (unpaired) electrons. The lowest BCUT2D eigenvalue weighted by Crippen LogP contribution is -2.44. The Kier molecular flexibility index (Phi) is 6.28. The predicted octanol–water partition coefficient (Wildman–Crippen LogP) is 2.44. The van der Waals surface area contributed by atoms with Crippen molar-refractivity contribution < 1.29 is 27.9 Å². The summed E-state index contributed by atoms with van der Waals surface area (Å²) in [7, 11) is 0. The van der Waals surface area contributed by atoms with Gasteiger partial charge in [0.05, 0.1) is 11.5 Å². The minimum absolute atomic E-state index is 0.197. The molecule has 0 aliphatic heterocycles. The van der Waals surface area contributed by atoms with Crippen LogP contribution in [0.25, 0.3) is 0 Å². The number of aliphatic carboxylic acids is 1. The highest BCUT2D eigenvalue weighted by Crippen LogP contribution is 2.24. The maximum atomic E-state index is 12.0. The molecule has 0 spiro atoms. The summed E-state index contributed by atoms with van der Waals surface area (Å²) in [5.74, 6) is -3.24. The van der Waals surface area contributed by atoms with E-state index in [9.17, 15) is 27.9 Å². The highest BCUT2D eigenvalue weighted by Gasteiger charge is 2.35. The molecule has 1 rings (SSSR count). The van der Waals surface area contributed by atoms with Crippen LogP contribution in [-0.4, -0.2) is 41.2 Å². The summed E-state index contributed by atoms with van der Waals surface area (Å²) in [6.07, 6.45) is -4.33. The molecule has 8 heteroatoms. The molecule has 2 N–H and O–H groups in total. The van der Waals surface area contributed by atoms with Crippen molar-refractivity contribution in [3.8, 4) is 0 Å². The topological polar surface area (TPSA) is 66.4 Å². The van der Waals surface area contributed by atoms with Gasteiger partial charge in [-0.2, -0.15) is 13.2 Å². The molecule has 1 unspecified atom stereocenters. The Balaban J connectivity index is 2.59. The summed E-state index contributed by atoms with van der Waals surface area (Å²) in [4.78, 5) is 23.0. The third-order valence-electron chi connectivity index (χ3n) is 3.02. The fourth-order valence-corrected chi connectivity index (χ4v) is 2.31. The van der Waals surface area contributed by atoms with E-state index in [4.69, 9.17) is 0 Å². The second-order valence-electron chi connectivity index (χ2n) is 4.89. The lowest BCUT2D eigenvalue weighted by atomic mass is 9.82. The average Bonchev–Trinajstić information content (AvgIpc) is 2.44. The van der Waals surface area contributed by atoms with E-state index in [0.29, 0.717) is 17.3 Å². The first-order chi connectivity index (χ1) is 10.1. The summed E-state index contributed by atoms with van der Waals surface area (Å²) in [5.41, 5.74) is -0.836. The quantitative estimate of drug-likeness (QED) is 0.803. The molecule has 0 bridgehead atoms. The highest BCUT2D eigenvalue weighted by atomic mass is 32.2. The molecule has 1 amide bonds. The normalized spacial score (nSPS) is 14.2. The van der Waals surface area contributed by atoms with E-state index in [-0.39, 0.29) is 12.3 Å². The van der Waals surface area contributed by atoms with Crippen LogP contribution in [0.5, 0.6) is 0 Å². The Bertz CT molecular complexity index is 522. The number of halogens is 3. The Morgan fingerprint density at radius 2 is 1.82 bits per heavy atom. The second-order valence-corrected chi connectivity index (χ2v) is 5.87. The number of carboxylic acid groups (broad SMARTS) is 1. The molecule has 122 valence electrons. The molecule has 0 fully saturated rings. The summed E-state index contributed by atoms with van der Waals surface area (Å²) in [5, 5.41) is 11.8. The molecule has 0 saturated carbocycles. The van der Waals surface area contributed by atoms with Crippen LogP contribution in [0.1, 0.15) is 12.5 Å². The number of carbonyl (C=O) groups excluding carboxylic acids is 1. The van der Waals surface area contributed by atoms with Gasteiger partial charge in [-0.1, -0.05) is 30.3 Å². The predicted molar refractivity (Wildman–Crippen MR) is 77.8 cm³/mol. The Hall–Kier alpha value is -1.70. The molecule has 1 atom stereocenters. The highest BCUT2D eigenvalue weighted by molar-refractivity contribution is 8.00. The molecule has 1 aromatic carbocycles. The van der Waals surface area contributed by atoms with Gasteiger partial charge in [-0.15, -0.1) is 11.8 Å². The standard InChI is InChI=1S/C14H16F3NO3S/c1-13(12(20)21,10-5-3-2-4-6-10)8-18-11(19)7-22-9-14(15,16)17/h2-6H,7-9H2,1H3,(H,18,19)(H,20,21). The van der Waals surface area contributed by atoms with Crippen LogP contribution in [0.15, 0.2) is 30.3 Å². The third kappa shape index (κ3) is 5.59. The van der Waals surface area contributed by atoms with Gasteiger partial charge in [0.1, 0.15) is 5.41 Å². The maximum Gasteiger partial charge on any atom is 0.397 e. The monoisotopic (exact) mass is 335 g/mol. The minimum atomic E-state index is -4.33. The lowest BCUT2D eigenvalue weighted by molar-refractivity contribution is -0.143. The summed E-state index contributed by atoms with van der Waals surface area (Å²) >= 11 is 0.439. The number of carbonyl (C=O) groups is 2. The maximum absolute atomic E-state index is 12.0. The zero-order valence-corrected chi connectivity index (χ0v) is 12.6. The number of thioether (sulfide) groups is 1. The van der Waals surface area contributed by atoms with Crippen molar-refractivity contribution in [3.63, 3.8) is 0 Å². The molecule has 0 aromatic heterocycles. The van der Waals surface area contributed by atoms with Crippen LogP contribution in [0, 0.1) is 0 Å². The van der Waals surface area contributed by atoms with E-state index < -0.39 is 29.2 Å². The van der Waals surface area contributed by atoms with Gasteiger partial charge >= 0.3 is 12.1 Å². The molecule has 0 heterocycles. The lowest BCUT2D eigenvalue weighted by Gasteiger charge is -2.25. The van der Waals surface area contributed by atoms with E-state index in [2.05, 4.69) is 5.32 Å². The minimum Gasteiger partial charge on any atom is -0.481 e. The third-order valence-corrected chi connectivity index (χ3v) is 4.02. The van der Waals surface area contributed by atoms with E-state index in [0.717, 1.165) is 0 Å². The zero-order chi connectivity index (χ0) is 16.8. The fourth-order valence-electron chi connectivity index (χ4n) is 1.69. The largest absolute Gasteiger partial charge is 0.481 e. The first kappa shape index (κ1) is 18.3. The van der Waals surface area contributed by atoms with Crippen LogP contribution in [0.3, 0.4) is 0 Å². The number of alkyl halides is 3. The van der Waals surface area contributed by atoms with Gasteiger partial charge in [0.15, 0.2) is 0 Å². The van der Waals surface area contributed by atoms with Gasteiger partial charge in [-0.05, 0) is 12.5 Å². The number of amides is 1. The number of hydrogen-bond acceptors (Lipinski definition) is 3. The number of nitrogens with one attached hydrogen (secondary N) is 1. The Labute approximate surface area is 130 Å². The average molecular weight is 335 g/mol. The first-order valence-electron chi connectivity index (χ1n) is 6.35. The van der Waals surface area contributed by atoms with Crippen molar-refractivity contribution in [1.82, 2.24) is 5.32 Å². The number of hydrogen-bond donors (Lipinski definition) is 2. The SMILES string of the molecule is CC(CNC(=O)CSCC(F)(F)F)(C(=O)O)c1ccccc1. The van der Waals surface area contributed by atoms with Crippen molar-refractivity contribution in [2.24, 2.45) is 0 Å². The van der Waals surface area contributed by atoms with Crippen molar-refractivity contribution in [2.75, 3.05) is 18.1 Å². The van der Waals surface area contributed by atoms with Crippen LogP contribution < -0.4 is 5.32 Å². The van der Waals surface area contributed by atoms with Crippen LogP contribution in [-0.2, 0) is 15.0 Å². The Morgan fingerprint density at radius 1 is 1.23 bits per heavy atom. The number of benzene rings is 1. The van der Waals surface area contributed by atoms with Crippen LogP contribution >= 0.6 is 11.8 Å². The summed E-state index contributed by atoms with van der Waals surface area (Å²) in [6.45, 7) is 1.26. The molecular formula is C14H16F3NO3S. The smallest absolute Gasteiger partial charge is 0.397 e. The summed E-state index contributed by atoms with van der Waals surface area (Å²) in [6, 6.07) is 8.34. The van der Waals surface area contributed by atoms with Crippen molar-refractivity contribution in [2.45, 2.75) is 18.5 Å². The number of rotatable bonds is 7. The first-order valence-corrected chi connectivity index (χ1v) is 7.51. The van der Waals surface area contributed by atoms with E-state index >= 15 is 0 Å². The fraction of sp³-hybridized carbons (Fsp3) is 0.429. The van der Waals surface area contributed by atoms with Crippen LogP contribution in [0.2, 0.25) is 0 Å². The van der Waals surface area contributed by atoms with Gasteiger partial charge in [0, 0.05) is 6.54 Å². The van der Waals surface area contributed by atoms with Gasteiger partial charge in [-0.3, -0.25) is 9.59 Å². The van der Waals surface area contributed by atoms with Gasteiger partial charge in [-0.25, -0.2) is 0 Å². The van der Waals surface area contributed by atoms with Gasteiger partial charge in [0.2, 0.25) is 5.91 Å². The van der Waals surface area contributed by atoms with Gasteiger partial charge in [0.25, 0.3) is 0 Å². The summed E-state index contributed by atoms with van der Waals surface area (Å²) < 4.78 is 35.9. The molecule has 4 nitrogen and oxygen atoms in total. The molecular weight excluding hydrogens is 319 g/mol. The van der Waals surface area contributed by atoms with E-state index in [1.165, 1.54) is 6.92 Å². The van der Waals surface area contributed by atoms with Crippen molar-refractivity contribution in [1.29, 1.82) is 0 Å². The molecule has 1 aromatic rings. The molecule has 22 heavy (non-hydrogen) atoms. The van der Waals surface area contributed by atoms with Crippen molar-refractivity contribution >= 4 is 23.6 Å². The van der Waals surface area contributed by atoms with Gasteiger partial charge < -0.3 is 10.4 Å². The number of carboxylic acids is 1. The molecule has 0 aliphatic carbocycles. The van der Waals surface area contributed by atoms with E-state index in [1.807, 2.05) is 0 Å². The van der Waals surface area contributed by atoms with E-state index in [1.54, 1.807) is 30.3 Å². The Morgan fingerprint density at radius 3 is 2.32 bits per heavy atom. The zero-order valence-electron chi connectivity index (χ0n) is 11.8. The molecule has 0 saturated heterocycles.